The fraction of sp³-hybridized carbons (Fsp3) is 0.533. The minimum absolute atomic E-state index is 0.259. The van der Waals surface area contributed by atoms with E-state index in [-0.39, 0.29) is 11.5 Å². The average Bonchev–Trinajstić information content (AvgIpc) is 2.38. The molecule has 1 atom stereocenters. The van der Waals surface area contributed by atoms with Gasteiger partial charge in [-0.05, 0) is 51.4 Å². The summed E-state index contributed by atoms with van der Waals surface area (Å²) in [5.74, 6) is 0.874. The first-order valence-corrected chi connectivity index (χ1v) is 6.27. The Morgan fingerprint density at radius 3 is 2.78 bits per heavy atom. The lowest BCUT2D eigenvalue weighted by Crippen LogP contribution is -2.24. The molecule has 0 aliphatic rings. The number of benzene rings is 1. The number of rotatable bonds is 6. The summed E-state index contributed by atoms with van der Waals surface area (Å²) in [6.45, 7) is 6.88. The zero-order valence-electron chi connectivity index (χ0n) is 11.7. The molecular formula is C15H22N2O. The van der Waals surface area contributed by atoms with Crippen LogP contribution >= 0.6 is 0 Å². The monoisotopic (exact) mass is 246 g/mol. The smallest absolute Gasteiger partial charge is 0.119 e. The Morgan fingerprint density at radius 1 is 1.44 bits per heavy atom. The van der Waals surface area contributed by atoms with Crippen molar-refractivity contribution < 1.29 is 4.74 Å². The number of ether oxygens (including phenoxy) is 1. The van der Waals surface area contributed by atoms with E-state index in [0.29, 0.717) is 0 Å². The lowest BCUT2D eigenvalue weighted by molar-refractivity contribution is 0.408. The first kappa shape index (κ1) is 14.5. The van der Waals surface area contributed by atoms with Crippen LogP contribution in [0.25, 0.3) is 0 Å². The summed E-state index contributed by atoms with van der Waals surface area (Å²) in [6, 6.07) is 10.6. The topological polar surface area (TPSA) is 45.0 Å². The molecule has 0 spiro atoms. The number of nitrogens with one attached hydrogen (secondary N) is 1. The molecule has 0 heterocycles. The molecule has 1 rings (SSSR count). The molecule has 0 saturated heterocycles. The Kier molecular flexibility index (Phi) is 5.18. The van der Waals surface area contributed by atoms with E-state index < -0.39 is 0 Å². The lowest BCUT2D eigenvalue weighted by atomic mass is 9.91. The summed E-state index contributed by atoms with van der Waals surface area (Å²) in [5, 5.41) is 12.4. The van der Waals surface area contributed by atoms with E-state index in [4.69, 9.17) is 10.00 Å². The van der Waals surface area contributed by atoms with Crippen molar-refractivity contribution >= 4 is 0 Å². The third kappa shape index (κ3) is 4.38. The van der Waals surface area contributed by atoms with E-state index in [1.54, 1.807) is 7.11 Å². The highest BCUT2D eigenvalue weighted by molar-refractivity contribution is 5.30. The molecule has 0 amide bonds. The van der Waals surface area contributed by atoms with Gasteiger partial charge in [0.1, 0.15) is 5.75 Å². The van der Waals surface area contributed by atoms with Crippen LogP contribution in [0.5, 0.6) is 5.75 Å². The molecule has 98 valence electrons. The maximum atomic E-state index is 8.95. The summed E-state index contributed by atoms with van der Waals surface area (Å²) in [4.78, 5) is 0. The van der Waals surface area contributed by atoms with E-state index in [9.17, 15) is 0 Å². The van der Waals surface area contributed by atoms with Gasteiger partial charge in [0.25, 0.3) is 0 Å². The molecule has 0 aliphatic heterocycles. The van der Waals surface area contributed by atoms with Crippen LogP contribution in [0.15, 0.2) is 24.3 Å². The Balaban J connectivity index is 2.50. The van der Waals surface area contributed by atoms with E-state index >= 15 is 0 Å². The van der Waals surface area contributed by atoms with Crippen molar-refractivity contribution in [1.82, 2.24) is 5.32 Å². The van der Waals surface area contributed by atoms with Gasteiger partial charge in [0, 0.05) is 6.04 Å². The zero-order valence-corrected chi connectivity index (χ0v) is 11.7. The van der Waals surface area contributed by atoms with Crippen molar-refractivity contribution in [3.05, 3.63) is 29.8 Å². The van der Waals surface area contributed by atoms with Crippen molar-refractivity contribution in [2.45, 2.75) is 33.2 Å². The van der Waals surface area contributed by atoms with Gasteiger partial charge < -0.3 is 10.1 Å². The maximum Gasteiger partial charge on any atom is 0.119 e. The summed E-state index contributed by atoms with van der Waals surface area (Å²) in [7, 11) is 1.67. The highest BCUT2D eigenvalue weighted by atomic mass is 16.5. The number of hydrogen-bond acceptors (Lipinski definition) is 3. The van der Waals surface area contributed by atoms with E-state index in [1.165, 1.54) is 5.56 Å². The van der Waals surface area contributed by atoms with Crippen LogP contribution in [0.2, 0.25) is 0 Å². The third-order valence-corrected chi connectivity index (χ3v) is 3.10. The van der Waals surface area contributed by atoms with Gasteiger partial charge in [0.2, 0.25) is 0 Å². The van der Waals surface area contributed by atoms with Crippen molar-refractivity contribution in [3.8, 4) is 11.8 Å². The van der Waals surface area contributed by atoms with E-state index in [0.717, 1.165) is 18.7 Å². The Hall–Kier alpha value is -1.53. The fourth-order valence-electron chi connectivity index (χ4n) is 1.69. The van der Waals surface area contributed by atoms with E-state index in [2.05, 4.69) is 24.4 Å². The van der Waals surface area contributed by atoms with Crippen molar-refractivity contribution in [2.75, 3.05) is 13.7 Å². The summed E-state index contributed by atoms with van der Waals surface area (Å²) in [5.41, 5.74) is 0.935. The second-order valence-electron chi connectivity index (χ2n) is 5.20. The van der Waals surface area contributed by atoms with Crippen LogP contribution in [0, 0.1) is 16.7 Å². The predicted octanol–water partition coefficient (Wildman–Crippen LogP) is 3.29. The molecule has 1 N–H and O–H groups in total. The van der Waals surface area contributed by atoms with Crippen LogP contribution in [0.4, 0.5) is 0 Å². The number of hydrogen-bond donors (Lipinski definition) is 1. The van der Waals surface area contributed by atoms with Gasteiger partial charge in [-0.1, -0.05) is 12.1 Å². The minimum Gasteiger partial charge on any atom is -0.497 e. The van der Waals surface area contributed by atoms with Gasteiger partial charge in [-0.2, -0.15) is 5.26 Å². The standard InChI is InChI=1S/C15H22N2O/c1-12(17-9-8-15(2,3)11-16)13-6-5-7-14(10-13)18-4/h5-7,10,12,17H,8-9H2,1-4H3/t12-/m0/s1. The predicted molar refractivity (Wildman–Crippen MR) is 73.4 cm³/mol. The molecule has 0 aromatic heterocycles. The third-order valence-electron chi connectivity index (χ3n) is 3.10. The quantitative estimate of drug-likeness (QED) is 0.837. The van der Waals surface area contributed by atoms with Crippen molar-refractivity contribution in [2.24, 2.45) is 5.41 Å². The normalized spacial score (nSPS) is 12.8. The molecule has 0 fully saturated rings. The molecule has 0 unspecified atom stereocenters. The second kappa shape index (κ2) is 6.42. The number of methoxy groups -OCH3 is 1. The number of nitriles is 1. The SMILES string of the molecule is COc1cccc([C@H](C)NCCC(C)(C)C#N)c1. The molecule has 3 heteroatoms. The molecule has 0 radical (unpaired) electrons. The molecule has 1 aromatic carbocycles. The van der Waals surface area contributed by atoms with Gasteiger partial charge in [0.15, 0.2) is 0 Å². The van der Waals surface area contributed by atoms with Crippen LogP contribution in [-0.2, 0) is 0 Å². The summed E-state index contributed by atoms with van der Waals surface area (Å²) in [6.07, 6.45) is 0.845. The summed E-state index contributed by atoms with van der Waals surface area (Å²) < 4.78 is 5.21. The highest BCUT2D eigenvalue weighted by Gasteiger charge is 2.16. The first-order valence-electron chi connectivity index (χ1n) is 6.27. The minimum atomic E-state index is -0.263. The van der Waals surface area contributed by atoms with Gasteiger partial charge >= 0.3 is 0 Å². The van der Waals surface area contributed by atoms with E-state index in [1.807, 2.05) is 32.0 Å². The largest absolute Gasteiger partial charge is 0.497 e. The summed E-state index contributed by atoms with van der Waals surface area (Å²) >= 11 is 0. The van der Waals surface area contributed by atoms with Gasteiger partial charge in [-0.3, -0.25) is 0 Å². The highest BCUT2D eigenvalue weighted by Crippen LogP contribution is 2.21. The average molecular weight is 246 g/mol. The van der Waals surface area contributed by atoms with Crippen LogP contribution < -0.4 is 10.1 Å². The van der Waals surface area contributed by atoms with Crippen LogP contribution in [-0.4, -0.2) is 13.7 Å². The van der Waals surface area contributed by atoms with Crippen LogP contribution in [0.1, 0.15) is 38.8 Å². The Morgan fingerprint density at radius 2 is 2.17 bits per heavy atom. The molecule has 1 aromatic rings. The maximum absolute atomic E-state index is 8.95. The molecule has 18 heavy (non-hydrogen) atoms. The van der Waals surface area contributed by atoms with Gasteiger partial charge in [0.05, 0.1) is 18.6 Å². The molecule has 0 bridgehead atoms. The van der Waals surface area contributed by atoms with Crippen molar-refractivity contribution in [1.29, 1.82) is 5.26 Å². The Bertz CT molecular complexity index is 421. The second-order valence-corrected chi connectivity index (χ2v) is 5.20. The zero-order chi connectivity index (χ0) is 13.6. The fourth-order valence-corrected chi connectivity index (χ4v) is 1.69. The molecular weight excluding hydrogens is 224 g/mol. The number of nitrogens with zero attached hydrogens (tertiary/aromatic N) is 1. The molecule has 3 nitrogen and oxygen atoms in total. The lowest BCUT2D eigenvalue weighted by Gasteiger charge is -2.19. The van der Waals surface area contributed by atoms with Gasteiger partial charge in [-0.15, -0.1) is 0 Å². The van der Waals surface area contributed by atoms with Crippen molar-refractivity contribution in [3.63, 3.8) is 0 Å². The Labute approximate surface area is 110 Å². The molecule has 0 saturated carbocycles. The molecule has 0 aliphatic carbocycles. The van der Waals surface area contributed by atoms with Crippen LogP contribution in [0.3, 0.4) is 0 Å². The first-order chi connectivity index (χ1) is 8.48. The van der Waals surface area contributed by atoms with Gasteiger partial charge in [-0.25, -0.2) is 0 Å².